The van der Waals surface area contributed by atoms with E-state index in [1.165, 1.54) is 12.0 Å². The summed E-state index contributed by atoms with van der Waals surface area (Å²) in [6.45, 7) is 6.21. The summed E-state index contributed by atoms with van der Waals surface area (Å²) in [5.74, 6) is 1.06. The van der Waals surface area contributed by atoms with Gasteiger partial charge in [-0.05, 0) is 81.3 Å². The van der Waals surface area contributed by atoms with Crippen molar-refractivity contribution in [3.05, 3.63) is 77.1 Å². The lowest BCUT2D eigenvalue weighted by Gasteiger charge is -2.32. The molecule has 0 unspecified atom stereocenters. The van der Waals surface area contributed by atoms with Crippen LogP contribution in [0.1, 0.15) is 57.8 Å². The van der Waals surface area contributed by atoms with Gasteiger partial charge in [0.15, 0.2) is 0 Å². The number of piperazine rings is 1. The molecule has 1 fully saturated rings. The normalized spacial score (nSPS) is 12.8. The smallest absolute Gasteiger partial charge is 0.259 e. The lowest BCUT2D eigenvalue weighted by Crippen LogP contribution is -2.47. The highest BCUT2D eigenvalue weighted by molar-refractivity contribution is 6.11. The number of likely N-dealkylation sites (N-methyl/N-ethyl adjacent to an activating group) is 1. The Bertz CT molecular complexity index is 1790. The van der Waals surface area contributed by atoms with Gasteiger partial charge in [-0.2, -0.15) is 0 Å². The number of carbonyl (C=O) groups excluding carboxylic acids is 3. The standard InChI is InChI=1S/C37H46N6O6.2ClH/c1-25-13-16-30(32(22-25)49-21-8-6-7-12-34(44)43-19-17-41(2)18-20-43)42(3)37(46)26-14-15-27(31(23-26)48-5)36(45)39-29-11-9-10-28-35(29)40-33(38-28)24-47-4;;/h9-11,13-16,22-23H,6-8,12,17-21,24H2,1-5H3,(H,38,40)(H,39,45);2*1H. The van der Waals surface area contributed by atoms with Crippen molar-refractivity contribution in [3.63, 3.8) is 0 Å². The molecule has 12 nitrogen and oxygen atoms in total. The van der Waals surface area contributed by atoms with E-state index in [1.54, 1.807) is 38.4 Å². The second-order valence-corrected chi connectivity index (χ2v) is 12.4. The Morgan fingerprint density at radius 2 is 1.71 bits per heavy atom. The molecule has 0 radical (unpaired) electrons. The number of methoxy groups -OCH3 is 2. The Morgan fingerprint density at radius 1 is 0.941 bits per heavy atom. The van der Waals surface area contributed by atoms with Crippen molar-refractivity contribution in [1.82, 2.24) is 19.8 Å². The first-order valence-corrected chi connectivity index (χ1v) is 16.6. The predicted octanol–water partition coefficient (Wildman–Crippen LogP) is 6.11. The molecule has 1 saturated heterocycles. The number of carbonyl (C=O) groups is 3. The molecule has 14 heteroatoms. The van der Waals surface area contributed by atoms with Crippen molar-refractivity contribution in [3.8, 4) is 11.5 Å². The van der Waals surface area contributed by atoms with Crippen LogP contribution in [0.2, 0.25) is 0 Å². The zero-order chi connectivity index (χ0) is 34.9. The number of aryl methyl sites for hydroxylation is 1. The number of amides is 3. The summed E-state index contributed by atoms with van der Waals surface area (Å²) >= 11 is 0. The van der Waals surface area contributed by atoms with Crippen LogP contribution in [0, 0.1) is 6.92 Å². The number of anilines is 2. The van der Waals surface area contributed by atoms with E-state index in [0.29, 0.717) is 53.7 Å². The quantitative estimate of drug-likeness (QED) is 0.148. The van der Waals surface area contributed by atoms with Crippen molar-refractivity contribution in [2.24, 2.45) is 0 Å². The number of benzene rings is 3. The van der Waals surface area contributed by atoms with Crippen LogP contribution in [0.25, 0.3) is 11.0 Å². The van der Waals surface area contributed by atoms with Crippen LogP contribution in [-0.2, 0) is 16.1 Å². The van der Waals surface area contributed by atoms with Gasteiger partial charge in [-0.1, -0.05) is 12.1 Å². The molecule has 5 rings (SSSR count). The number of unbranched alkanes of at least 4 members (excludes halogenated alkanes) is 2. The molecule has 1 aliphatic heterocycles. The zero-order valence-electron chi connectivity index (χ0n) is 29.8. The van der Waals surface area contributed by atoms with Gasteiger partial charge < -0.3 is 39.2 Å². The number of aromatic nitrogens is 2. The molecule has 4 aromatic rings. The number of nitrogens with zero attached hydrogens (tertiary/aromatic N) is 4. The van der Waals surface area contributed by atoms with Crippen molar-refractivity contribution in [2.45, 2.75) is 39.2 Å². The van der Waals surface area contributed by atoms with Crippen LogP contribution >= 0.6 is 24.8 Å². The van der Waals surface area contributed by atoms with Crippen molar-refractivity contribution in [2.75, 3.05) is 71.3 Å². The Kier molecular flexibility index (Phi) is 15.5. The molecular weight excluding hydrogens is 695 g/mol. The van der Waals surface area contributed by atoms with Gasteiger partial charge >= 0.3 is 0 Å². The molecule has 3 aromatic carbocycles. The Morgan fingerprint density at radius 3 is 2.43 bits per heavy atom. The van der Waals surface area contributed by atoms with E-state index in [4.69, 9.17) is 14.2 Å². The molecule has 1 aliphatic rings. The number of halogens is 2. The SMILES string of the molecule is COCc1nc2c(NC(=O)c3ccc(C(=O)N(C)c4ccc(C)cc4OCCCCCC(=O)N4CCN(C)CC4)cc3OC)cccc2[nH]1.Cl.Cl. The van der Waals surface area contributed by atoms with Crippen molar-refractivity contribution in [1.29, 1.82) is 0 Å². The maximum atomic E-state index is 13.7. The molecular formula is C37H48Cl2N6O6. The summed E-state index contributed by atoms with van der Waals surface area (Å²) in [5.41, 5.74) is 4.18. The summed E-state index contributed by atoms with van der Waals surface area (Å²) in [4.78, 5) is 53.1. The first-order valence-electron chi connectivity index (χ1n) is 16.6. The van der Waals surface area contributed by atoms with Crippen LogP contribution in [0.3, 0.4) is 0 Å². The van der Waals surface area contributed by atoms with Crippen LogP contribution in [0.4, 0.5) is 11.4 Å². The number of ether oxygens (including phenoxy) is 3. The summed E-state index contributed by atoms with van der Waals surface area (Å²) in [5, 5.41) is 2.92. The number of fused-ring (bicyclic) bond motifs is 1. The van der Waals surface area contributed by atoms with E-state index in [-0.39, 0.29) is 47.9 Å². The fraction of sp³-hybridized carbons (Fsp3) is 0.405. The third kappa shape index (κ3) is 10.4. The highest BCUT2D eigenvalue weighted by Crippen LogP contribution is 2.31. The number of H-pyrrole nitrogens is 1. The highest BCUT2D eigenvalue weighted by Gasteiger charge is 2.22. The minimum Gasteiger partial charge on any atom is -0.496 e. The molecule has 0 saturated carbocycles. The second kappa shape index (κ2) is 19.3. The van der Waals surface area contributed by atoms with Gasteiger partial charge in [0.1, 0.15) is 29.4 Å². The minimum absolute atomic E-state index is 0. The van der Waals surface area contributed by atoms with E-state index in [0.717, 1.165) is 56.5 Å². The Labute approximate surface area is 311 Å². The average molecular weight is 744 g/mol. The lowest BCUT2D eigenvalue weighted by atomic mass is 10.1. The molecule has 0 spiro atoms. The summed E-state index contributed by atoms with van der Waals surface area (Å²) in [6, 6.07) is 15.9. The summed E-state index contributed by atoms with van der Waals surface area (Å²) in [7, 11) is 6.83. The van der Waals surface area contributed by atoms with E-state index in [9.17, 15) is 14.4 Å². The molecule has 0 bridgehead atoms. The van der Waals surface area contributed by atoms with Gasteiger partial charge in [-0.3, -0.25) is 14.4 Å². The number of aromatic amines is 1. The largest absolute Gasteiger partial charge is 0.496 e. The van der Waals surface area contributed by atoms with E-state index in [2.05, 4.69) is 27.2 Å². The molecule has 276 valence electrons. The van der Waals surface area contributed by atoms with Crippen LogP contribution in [0.5, 0.6) is 11.5 Å². The Hall–Kier alpha value is -4.36. The Balaban J connectivity index is 0.00000351. The molecule has 1 aromatic heterocycles. The summed E-state index contributed by atoms with van der Waals surface area (Å²) < 4.78 is 16.9. The maximum Gasteiger partial charge on any atom is 0.259 e. The van der Waals surface area contributed by atoms with Gasteiger partial charge in [0.25, 0.3) is 11.8 Å². The summed E-state index contributed by atoms with van der Waals surface area (Å²) in [6.07, 6.45) is 3.04. The van der Waals surface area contributed by atoms with Crippen LogP contribution in [0.15, 0.2) is 54.6 Å². The fourth-order valence-electron chi connectivity index (χ4n) is 5.86. The van der Waals surface area contributed by atoms with Gasteiger partial charge in [0.05, 0.1) is 36.2 Å². The average Bonchev–Trinajstić information content (AvgIpc) is 3.53. The molecule has 2 N–H and O–H groups in total. The van der Waals surface area contributed by atoms with Gasteiger partial charge in [0, 0.05) is 52.3 Å². The monoisotopic (exact) mass is 742 g/mol. The van der Waals surface area contributed by atoms with Crippen molar-refractivity contribution >= 4 is 64.9 Å². The second-order valence-electron chi connectivity index (χ2n) is 12.4. The van der Waals surface area contributed by atoms with Gasteiger partial charge in [-0.15, -0.1) is 24.8 Å². The topological polar surface area (TPSA) is 129 Å². The molecule has 51 heavy (non-hydrogen) atoms. The van der Waals surface area contributed by atoms with Gasteiger partial charge in [0.2, 0.25) is 5.91 Å². The zero-order valence-corrected chi connectivity index (χ0v) is 31.5. The number of nitrogens with one attached hydrogen (secondary N) is 2. The molecule has 2 heterocycles. The number of rotatable bonds is 14. The van der Waals surface area contributed by atoms with Gasteiger partial charge in [-0.25, -0.2) is 4.98 Å². The van der Waals surface area contributed by atoms with Crippen LogP contribution < -0.4 is 19.7 Å². The number of imidazole rings is 1. The third-order valence-electron chi connectivity index (χ3n) is 8.71. The number of hydrogen-bond donors (Lipinski definition) is 2. The maximum absolute atomic E-state index is 13.7. The first kappa shape index (κ1) is 41.1. The minimum atomic E-state index is -0.397. The first-order chi connectivity index (χ1) is 23.7. The third-order valence-corrected chi connectivity index (χ3v) is 8.71. The molecule has 0 aliphatic carbocycles. The predicted molar refractivity (Wildman–Crippen MR) is 204 cm³/mol. The number of hydrogen-bond acceptors (Lipinski definition) is 8. The van der Waals surface area contributed by atoms with E-state index < -0.39 is 5.91 Å². The van der Waals surface area contributed by atoms with Crippen LogP contribution in [-0.4, -0.2) is 98.6 Å². The van der Waals surface area contributed by atoms with Crippen molar-refractivity contribution < 1.29 is 28.6 Å². The lowest BCUT2D eigenvalue weighted by molar-refractivity contribution is -0.132. The number of para-hydroxylation sites is 1. The fourth-order valence-corrected chi connectivity index (χ4v) is 5.86. The molecule has 3 amide bonds. The molecule has 0 atom stereocenters. The van der Waals surface area contributed by atoms with E-state index in [1.807, 2.05) is 42.2 Å². The van der Waals surface area contributed by atoms with E-state index >= 15 is 0 Å². The highest BCUT2D eigenvalue weighted by atomic mass is 35.5.